The molecule has 0 saturated heterocycles. The second-order valence-corrected chi connectivity index (χ2v) is 7.10. The summed E-state index contributed by atoms with van der Waals surface area (Å²) in [7, 11) is 4.98. The third-order valence-electron chi connectivity index (χ3n) is 4.54. The molecule has 0 fully saturated rings. The lowest BCUT2D eigenvalue weighted by Gasteiger charge is -2.11. The van der Waals surface area contributed by atoms with Gasteiger partial charge in [-0.25, -0.2) is 9.97 Å². The number of aromatic amines is 1. The number of benzene rings is 1. The number of hydrogen-bond donors (Lipinski definition) is 1. The van der Waals surface area contributed by atoms with Gasteiger partial charge in [-0.2, -0.15) is 5.10 Å². The van der Waals surface area contributed by atoms with Crippen LogP contribution >= 0.6 is 11.6 Å². The Bertz CT molecular complexity index is 1220. The third-order valence-corrected chi connectivity index (χ3v) is 4.81. The molecule has 0 bridgehead atoms. The number of nitrogens with one attached hydrogen (secondary N) is 1. The Balaban J connectivity index is 1.79. The van der Waals surface area contributed by atoms with E-state index in [0.29, 0.717) is 27.8 Å². The number of H-pyrrole nitrogens is 1. The van der Waals surface area contributed by atoms with Gasteiger partial charge >= 0.3 is 0 Å². The Kier molecular flexibility index (Phi) is 4.90. The topological polar surface area (TPSA) is 84.0 Å². The molecule has 0 spiro atoms. The molecule has 0 aliphatic heterocycles. The van der Waals surface area contributed by atoms with Crippen molar-refractivity contribution in [2.45, 2.75) is 0 Å². The number of ether oxygens (including phenoxy) is 1. The summed E-state index contributed by atoms with van der Waals surface area (Å²) in [4.78, 5) is 22.5. The van der Waals surface area contributed by atoms with Gasteiger partial charge in [0, 0.05) is 48.6 Å². The minimum atomic E-state index is -0.0520. The number of pyridine rings is 2. The first-order valence-corrected chi connectivity index (χ1v) is 9.22. The van der Waals surface area contributed by atoms with Crippen LogP contribution in [-0.4, -0.2) is 52.2 Å². The van der Waals surface area contributed by atoms with Crippen molar-refractivity contribution in [2.24, 2.45) is 0 Å². The molecule has 0 unspecified atom stereocenters. The second-order valence-electron chi connectivity index (χ2n) is 6.69. The maximum absolute atomic E-state index is 12.3. The van der Waals surface area contributed by atoms with Crippen LogP contribution in [0.1, 0.15) is 10.4 Å². The van der Waals surface area contributed by atoms with Crippen molar-refractivity contribution >= 4 is 28.5 Å². The first-order valence-electron chi connectivity index (χ1n) is 8.84. The molecule has 146 valence electrons. The number of amides is 1. The van der Waals surface area contributed by atoms with Crippen molar-refractivity contribution in [2.75, 3.05) is 21.2 Å². The van der Waals surface area contributed by atoms with E-state index in [2.05, 4.69) is 20.2 Å². The molecule has 4 aromatic rings. The minimum Gasteiger partial charge on any atom is -0.480 e. The zero-order chi connectivity index (χ0) is 20.5. The number of hydrogen-bond acceptors (Lipinski definition) is 5. The van der Waals surface area contributed by atoms with Crippen LogP contribution in [0, 0.1) is 0 Å². The van der Waals surface area contributed by atoms with Gasteiger partial charge in [-0.05, 0) is 29.8 Å². The number of fused-ring (bicyclic) bond motifs is 1. The zero-order valence-electron chi connectivity index (χ0n) is 16.1. The maximum Gasteiger partial charge on any atom is 0.253 e. The highest BCUT2D eigenvalue weighted by Crippen LogP contribution is 2.32. The van der Waals surface area contributed by atoms with Crippen molar-refractivity contribution in [1.29, 1.82) is 0 Å². The standard InChI is InChI=1S/C21H18ClN5O2/c1-27(2)21(28)13-6-4-5-12(7-13)14-8-16-18(25-26-19(16)23-10-14)15-9-17(22)20(29-3)24-11-15/h4-11H,1-3H3,(H,23,25,26). The van der Waals surface area contributed by atoms with E-state index < -0.39 is 0 Å². The number of carbonyl (C=O) groups excluding carboxylic acids is 1. The van der Waals surface area contributed by atoms with Gasteiger partial charge in [0.15, 0.2) is 5.65 Å². The molecular formula is C21H18ClN5O2. The highest BCUT2D eigenvalue weighted by molar-refractivity contribution is 6.32. The van der Waals surface area contributed by atoms with Gasteiger partial charge in [0.2, 0.25) is 5.88 Å². The van der Waals surface area contributed by atoms with Gasteiger partial charge in [-0.1, -0.05) is 23.7 Å². The van der Waals surface area contributed by atoms with Gasteiger partial charge in [-0.15, -0.1) is 0 Å². The van der Waals surface area contributed by atoms with Crippen molar-refractivity contribution < 1.29 is 9.53 Å². The number of nitrogens with zero attached hydrogens (tertiary/aromatic N) is 4. The van der Waals surface area contributed by atoms with E-state index in [0.717, 1.165) is 22.1 Å². The smallest absolute Gasteiger partial charge is 0.253 e. The summed E-state index contributed by atoms with van der Waals surface area (Å²) < 4.78 is 5.11. The van der Waals surface area contributed by atoms with E-state index >= 15 is 0 Å². The van der Waals surface area contributed by atoms with Crippen LogP contribution in [-0.2, 0) is 0 Å². The molecule has 0 aliphatic rings. The van der Waals surface area contributed by atoms with Crippen molar-refractivity contribution in [1.82, 2.24) is 25.1 Å². The van der Waals surface area contributed by atoms with Crippen LogP contribution in [0.4, 0.5) is 0 Å². The summed E-state index contributed by atoms with van der Waals surface area (Å²) in [6.45, 7) is 0. The zero-order valence-corrected chi connectivity index (χ0v) is 16.9. The normalized spacial score (nSPS) is 10.9. The SMILES string of the molecule is COc1ncc(-c2n[nH]c3ncc(-c4cccc(C(=O)N(C)C)c4)cc23)cc1Cl. The molecule has 1 aromatic carbocycles. The van der Waals surface area contributed by atoms with Gasteiger partial charge in [-0.3, -0.25) is 9.89 Å². The fraction of sp³-hybridized carbons (Fsp3) is 0.143. The van der Waals surface area contributed by atoms with E-state index in [4.69, 9.17) is 16.3 Å². The van der Waals surface area contributed by atoms with Crippen LogP contribution in [0.3, 0.4) is 0 Å². The largest absolute Gasteiger partial charge is 0.480 e. The van der Waals surface area contributed by atoms with Crippen molar-refractivity contribution in [3.63, 3.8) is 0 Å². The average molecular weight is 408 g/mol. The van der Waals surface area contributed by atoms with E-state index in [-0.39, 0.29) is 5.91 Å². The Labute approximate surface area is 172 Å². The quantitative estimate of drug-likeness (QED) is 0.551. The minimum absolute atomic E-state index is 0.0520. The van der Waals surface area contributed by atoms with Crippen molar-refractivity contribution in [3.05, 3.63) is 59.4 Å². The lowest BCUT2D eigenvalue weighted by atomic mass is 10.0. The van der Waals surface area contributed by atoms with E-state index in [9.17, 15) is 4.79 Å². The number of aromatic nitrogens is 4. The van der Waals surface area contributed by atoms with Gasteiger partial charge in [0.1, 0.15) is 10.7 Å². The van der Waals surface area contributed by atoms with Crippen LogP contribution in [0.25, 0.3) is 33.4 Å². The first-order chi connectivity index (χ1) is 14.0. The van der Waals surface area contributed by atoms with Crippen LogP contribution in [0.5, 0.6) is 5.88 Å². The maximum atomic E-state index is 12.3. The Morgan fingerprint density at radius 1 is 1.07 bits per heavy atom. The molecule has 0 aliphatic carbocycles. The number of rotatable bonds is 4. The number of halogens is 1. The van der Waals surface area contributed by atoms with Gasteiger partial charge < -0.3 is 9.64 Å². The molecule has 8 heteroatoms. The monoisotopic (exact) mass is 407 g/mol. The molecule has 0 atom stereocenters. The molecular weight excluding hydrogens is 390 g/mol. The lowest BCUT2D eigenvalue weighted by molar-refractivity contribution is 0.0827. The first kappa shape index (κ1) is 18.9. The fourth-order valence-corrected chi connectivity index (χ4v) is 3.32. The highest BCUT2D eigenvalue weighted by Gasteiger charge is 2.14. The molecule has 3 aromatic heterocycles. The Morgan fingerprint density at radius 3 is 2.59 bits per heavy atom. The summed E-state index contributed by atoms with van der Waals surface area (Å²) in [6.07, 6.45) is 3.41. The fourth-order valence-electron chi connectivity index (χ4n) is 3.08. The summed E-state index contributed by atoms with van der Waals surface area (Å²) in [5, 5.41) is 8.54. The highest BCUT2D eigenvalue weighted by atomic mass is 35.5. The predicted octanol–water partition coefficient (Wildman–Crippen LogP) is 4.05. The summed E-state index contributed by atoms with van der Waals surface area (Å²) in [6, 6.07) is 11.2. The van der Waals surface area contributed by atoms with E-state index in [1.165, 1.54) is 7.11 Å². The lowest BCUT2D eigenvalue weighted by Crippen LogP contribution is -2.21. The van der Waals surface area contributed by atoms with Crippen LogP contribution in [0.2, 0.25) is 5.02 Å². The molecule has 4 rings (SSSR count). The molecule has 3 heterocycles. The summed E-state index contributed by atoms with van der Waals surface area (Å²) >= 11 is 6.22. The number of carbonyl (C=O) groups is 1. The Hall–Kier alpha value is -3.45. The predicted molar refractivity (Wildman–Crippen MR) is 112 cm³/mol. The molecule has 1 N–H and O–H groups in total. The van der Waals surface area contributed by atoms with E-state index in [1.807, 2.05) is 24.3 Å². The average Bonchev–Trinajstić information content (AvgIpc) is 3.16. The molecule has 0 radical (unpaired) electrons. The Morgan fingerprint density at radius 2 is 1.86 bits per heavy atom. The van der Waals surface area contributed by atoms with Crippen molar-refractivity contribution in [3.8, 4) is 28.3 Å². The molecule has 1 amide bonds. The molecule has 0 saturated carbocycles. The van der Waals surface area contributed by atoms with Gasteiger partial charge in [0.25, 0.3) is 5.91 Å². The van der Waals surface area contributed by atoms with Gasteiger partial charge in [0.05, 0.1) is 7.11 Å². The third kappa shape index (κ3) is 3.52. The van der Waals surface area contributed by atoms with E-state index in [1.54, 1.807) is 43.5 Å². The van der Waals surface area contributed by atoms with Crippen LogP contribution < -0.4 is 4.74 Å². The summed E-state index contributed by atoms with van der Waals surface area (Å²) in [5.41, 5.74) is 4.47. The molecule has 29 heavy (non-hydrogen) atoms. The second kappa shape index (κ2) is 7.52. The van der Waals surface area contributed by atoms with Crippen LogP contribution in [0.15, 0.2) is 48.8 Å². The number of methoxy groups -OCH3 is 1. The summed E-state index contributed by atoms with van der Waals surface area (Å²) in [5.74, 6) is 0.306. The molecule has 7 nitrogen and oxygen atoms in total.